The van der Waals surface area contributed by atoms with Crippen molar-refractivity contribution in [1.82, 2.24) is 4.90 Å². The largest absolute Gasteiger partial charge is 0.380 e. The fourth-order valence-corrected chi connectivity index (χ4v) is 3.97. The summed E-state index contributed by atoms with van der Waals surface area (Å²) in [7, 11) is 1.80. The van der Waals surface area contributed by atoms with Gasteiger partial charge >= 0.3 is 0 Å². The Bertz CT molecular complexity index is 358. The Kier molecular flexibility index (Phi) is 4.99. The van der Waals surface area contributed by atoms with Gasteiger partial charge in [-0.25, -0.2) is 0 Å². The van der Waals surface area contributed by atoms with Gasteiger partial charge in [0.25, 0.3) is 0 Å². The van der Waals surface area contributed by atoms with E-state index in [0.29, 0.717) is 18.7 Å². The van der Waals surface area contributed by atoms with Crippen LogP contribution in [0.4, 0.5) is 0 Å². The average Bonchev–Trinajstić information content (AvgIpc) is 2.77. The second-order valence-electron chi connectivity index (χ2n) is 4.39. The van der Waals surface area contributed by atoms with Crippen LogP contribution in [0.3, 0.4) is 0 Å². The third-order valence-electron chi connectivity index (χ3n) is 3.33. The summed E-state index contributed by atoms with van der Waals surface area (Å²) in [5.41, 5.74) is 5.94. The zero-order valence-electron chi connectivity index (χ0n) is 10.1. The number of likely N-dealkylation sites (tertiary alicyclic amines) is 1. The summed E-state index contributed by atoms with van der Waals surface area (Å²) in [5.74, 6) is 0. The van der Waals surface area contributed by atoms with Crippen LogP contribution in [0.2, 0.25) is 0 Å². The summed E-state index contributed by atoms with van der Waals surface area (Å²) in [6.45, 7) is 2.79. The lowest BCUT2D eigenvalue weighted by Gasteiger charge is -2.36. The lowest BCUT2D eigenvalue weighted by molar-refractivity contribution is 0.0161. The molecular formula is C12H19BrN2OS. The van der Waals surface area contributed by atoms with Crippen molar-refractivity contribution < 1.29 is 4.74 Å². The van der Waals surface area contributed by atoms with E-state index in [4.69, 9.17) is 10.5 Å². The number of hydrogen-bond acceptors (Lipinski definition) is 4. The highest BCUT2D eigenvalue weighted by Gasteiger charge is 2.26. The molecule has 0 bridgehead atoms. The molecule has 1 aromatic rings. The van der Waals surface area contributed by atoms with Gasteiger partial charge in [-0.1, -0.05) is 0 Å². The summed E-state index contributed by atoms with van der Waals surface area (Å²) in [5, 5.41) is 0. The van der Waals surface area contributed by atoms with Crippen molar-refractivity contribution in [1.29, 1.82) is 0 Å². The predicted octanol–water partition coefficient (Wildman–Crippen LogP) is 2.62. The lowest BCUT2D eigenvalue weighted by Crippen LogP contribution is -2.43. The first-order valence-corrected chi connectivity index (χ1v) is 7.57. The van der Waals surface area contributed by atoms with Crippen LogP contribution in [-0.4, -0.2) is 37.7 Å². The Morgan fingerprint density at radius 1 is 1.65 bits per heavy atom. The maximum atomic E-state index is 5.94. The van der Waals surface area contributed by atoms with Gasteiger partial charge in [0.15, 0.2) is 0 Å². The van der Waals surface area contributed by atoms with Gasteiger partial charge in [-0.3, -0.25) is 4.90 Å². The second-order valence-corrected chi connectivity index (χ2v) is 6.88. The molecule has 1 aromatic heterocycles. The number of piperidine rings is 1. The van der Waals surface area contributed by atoms with E-state index in [-0.39, 0.29) is 0 Å². The number of ether oxygens (including phenoxy) is 1. The predicted molar refractivity (Wildman–Crippen MR) is 75.4 cm³/mol. The second kappa shape index (κ2) is 6.29. The molecule has 0 amide bonds. The number of hydrogen-bond donors (Lipinski definition) is 1. The van der Waals surface area contributed by atoms with Gasteiger partial charge in [0.1, 0.15) is 0 Å². The zero-order valence-corrected chi connectivity index (χ0v) is 12.5. The first-order valence-electron chi connectivity index (χ1n) is 5.96. The summed E-state index contributed by atoms with van der Waals surface area (Å²) in [6, 6.07) is 4.60. The molecule has 0 saturated carbocycles. The van der Waals surface area contributed by atoms with Gasteiger partial charge in [-0.15, -0.1) is 11.3 Å². The van der Waals surface area contributed by atoms with Crippen LogP contribution < -0.4 is 5.73 Å². The molecule has 0 spiro atoms. The first-order chi connectivity index (χ1) is 8.24. The number of thiophene rings is 1. The third-order valence-corrected chi connectivity index (χ3v) is 5.05. The number of methoxy groups -OCH3 is 1. The molecule has 96 valence electrons. The Morgan fingerprint density at radius 2 is 2.47 bits per heavy atom. The molecule has 2 N–H and O–H groups in total. The minimum absolute atomic E-state index is 0.337. The van der Waals surface area contributed by atoms with Crippen molar-refractivity contribution in [3.8, 4) is 0 Å². The number of nitrogens with zero attached hydrogens (tertiary/aromatic N) is 1. The molecule has 1 fully saturated rings. The third kappa shape index (κ3) is 3.29. The van der Waals surface area contributed by atoms with Gasteiger partial charge in [-0.2, -0.15) is 0 Å². The molecule has 1 saturated heterocycles. The SMILES string of the molecule is COC1CCCN(C(CN)c2ccc(Br)s2)C1. The molecular weight excluding hydrogens is 300 g/mol. The van der Waals surface area contributed by atoms with Crippen molar-refractivity contribution in [2.75, 3.05) is 26.7 Å². The molecule has 1 aliphatic heterocycles. The van der Waals surface area contributed by atoms with Crippen LogP contribution in [0.25, 0.3) is 0 Å². The molecule has 5 heteroatoms. The minimum Gasteiger partial charge on any atom is -0.380 e. The quantitative estimate of drug-likeness (QED) is 0.927. The van der Waals surface area contributed by atoms with Crippen molar-refractivity contribution in [3.05, 3.63) is 20.8 Å². The number of halogens is 1. The summed E-state index contributed by atoms with van der Waals surface area (Å²) in [6.07, 6.45) is 2.72. The van der Waals surface area contributed by atoms with Crippen molar-refractivity contribution >= 4 is 27.3 Å². The molecule has 2 atom stereocenters. The van der Waals surface area contributed by atoms with E-state index in [0.717, 1.165) is 13.1 Å². The van der Waals surface area contributed by atoms with E-state index < -0.39 is 0 Å². The first kappa shape index (κ1) is 13.5. The molecule has 1 aliphatic rings. The summed E-state index contributed by atoms with van der Waals surface area (Å²) >= 11 is 5.29. The van der Waals surface area contributed by atoms with E-state index in [1.807, 2.05) is 0 Å². The van der Waals surface area contributed by atoms with E-state index in [9.17, 15) is 0 Å². The minimum atomic E-state index is 0.337. The van der Waals surface area contributed by atoms with Crippen molar-refractivity contribution in [2.45, 2.75) is 25.0 Å². The fraction of sp³-hybridized carbons (Fsp3) is 0.667. The Labute approximate surface area is 115 Å². The van der Waals surface area contributed by atoms with Crippen LogP contribution >= 0.6 is 27.3 Å². The van der Waals surface area contributed by atoms with Crippen LogP contribution in [0.5, 0.6) is 0 Å². The number of nitrogens with two attached hydrogens (primary N) is 1. The van der Waals surface area contributed by atoms with E-state index in [1.165, 1.54) is 21.5 Å². The van der Waals surface area contributed by atoms with E-state index in [2.05, 4.69) is 33.0 Å². The highest BCUT2D eigenvalue weighted by Crippen LogP contribution is 2.32. The van der Waals surface area contributed by atoms with Crippen LogP contribution in [0.15, 0.2) is 15.9 Å². The zero-order chi connectivity index (χ0) is 12.3. The molecule has 0 radical (unpaired) electrons. The Balaban J connectivity index is 2.07. The van der Waals surface area contributed by atoms with Gasteiger partial charge in [0.2, 0.25) is 0 Å². The molecule has 2 rings (SSSR count). The highest BCUT2D eigenvalue weighted by molar-refractivity contribution is 9.11. The molecule has 0 aromatic carbocycles. The van der Waals surface area contributed by atoms with Gasteiger partial charge in [0.05, 0.1) is 15.9 Å². The van der Waals surface area contributed by atoms with Gasteiger partial charge in [-0.05, 0) is 47.4 Å². The number of rotatable bonds is 4. The van der Waals surface area contributed by atoms with Gasteiger partial charge in [0, 0.05) is 25.1 Å². The molecule has 3 nitrogen and oxygen atoms in total. The average molecular weight is 319 g/mol. The smallest absolute Gasteiger partial charge is 0.0702 e. The van der Waals surface area contributed by atoms with E-state index in [1.54, 1.807) is 18.4 Å². The molecule has 17 heavy (non-hydrogen) atoms. The Morgan fingerprint density at radius 3 is 3.06 bits per heavy atom. The maximum absolute atomic E-state index is 5.94. The van der Waals surface area contributed by atoms with E-state index >= 15 is 0 Å². The highest BCUT2D eigenvalue weighted by atomic mass is 79.9. The van der Waals surface area contributed by atoms with Crippen molar-refractivity contribution in [3.63, 3.8) is 0 Å². The van der Waals surface area contributed by atoms with Crippen LogP contribution in [0, 0.1) is 0 Å². The standard InChI is InChI=1S/C12H19BrN2OS/c1-16-9-3-2-6-15(8-9)10(7-14)11-4-5-12(13)17-11/h4-5,9-10H,2-3,6-8,14H2,1H3. The summed E-state index contributed by atoms with van der Waals surface area (Å²) in [4.78, 5) is 3.80. The fourth-order valence-electron chi connectivity index (χ4n) is 2.39. The summed E-state index contributed by atoms with van der Waals surface area (Å²) < 4.78 is 6.64. The maximum Gasteiger partial charge on any atom is 0.0702 e. The lowest BCUT2D eigenvalue weighted by atomic mass is 10.0. The molecule has 2 heterocycles. The monoisotopic (exact) mass is 318 g/mol. The topological polar surface area (TPSA) is 38.5 Å². The van der Waals surface area contributed by atoms with Crippen molar-refractivity contribution in [2.24, 2.45) is 5.73 Å². The van der Waals surface area contributed by atoms with Crippen LogP contribution in [0.1, 0.15) is 23.8 Å². The normalized spacial score (nSPS) is 23.8. The molecule has 2 unspecified atom stereocenters. The van der Waals surface area contributed by atoms with Crippen LogP contribution in [-0.2, 0) is 4.74 Å². The molecule has 0 aliphatic carbocycles. The Hall–Kier alpha value is 0.0600. The van der Waals surface area contributed by atoms with Gasteiger partial charge < -0.3 is 10.5 Å².